The maximum absolute atomic E-state index is 12.8. The van der Waals surface area contributed by atoms with Gasteiger partial charge in [-0.3, -0.25) is 14.2 Å². The number of cyclic esters (lactones) is 1. The molecule has 0 aliphatic carbocycles. The normalized spacial score (nSPS) is 17.7. The van der Waals surface area contributed by atoms with E-state index < -0.39 is 0 Å². The molecule has 23 heavy (non-hydrogen) atoms. The Hall–Kier alpha value is -1.38. The average Bonchev–Trinajstić information content (AvgIpc) is 2.93. The van der Waals surface area contributed by atoms with E-state index in [1.54, 1.807) is 23.8 Å². The van der Waals surface area contributed by atoms with E-state index in [4.69, 9.17) is 9.47 Å². The Balaban J connectivity index is 2.08. The fourth-order valence-corrected chi connectivity index (χ4v) is 3.80. The van der Waals surface area contributed by atoms with Crippen molar-refractivity contribution in [2.75, 3.05) is 20.3 Å². The number of esters is 1. The molecule has 1 atom stereocenters. The highest BCUT2D eigenvalue weighted by Gasteiger charge is 2.29. The number of fused-ring (bicyclic) bond motifs is 1. The molecular weight excluding hydrogens is 384 g/mol. The van der Waals surface area contributed by atoms with Crippen LogP contribution in [0.1, 0.15) is 6.42 Å². The Morgan fingerprint density at radius 2 is 2.30 bits per heavy atom. The quantitative estimate of drug-likeness (QED) is 0.567. The predicted octanol–water partition coefficient (Wildman–Crippen LogP) is 2.21. The number of nitrogens with zero attached hydrogens (tertiary/aromatic N) is 2. The van der Waals surface area contributed by atoms with Gasteiger partial charge in [0.05, 0.1) is 30.7 Å². The third kappa shape index (κ3) is 3.44. The minimum absolute atomic E-state index is 0.137. The molecular formula is C15H15BrN2O4S. The van der Waals surface area contributed by atoms with E-state index in [0.29, 0.717) is 42.2 Å². The van der Waals surface area contributed by atoms with Crippen molar-refractivity contribution in [1.29, 1.82) is 0 Å². The van der Waals surface area contributed by atoms with E-state index in [2.05, 4.69) is 20.9 Å². The zero-order valence-electron chi connectivity index (χ0n) is 12.5. The molecule has 2 aromatic rings. The maximum Gasteiger partial charge on any atom is 0.319 e. The number of benzene rings is 1. The molecule has 1 aliphatic heterocycles. The number of thioether (sulfide) groups is 1. The smallest absolute Gasteiger partial charge is 0.319 e. The lowest BCUT2D eigenvalue weighted by Gasteiger charge is -2.14. The standard InChI is InChI=1S/C15H15BrN2O4S/c1-21-7-5-18-13(19)10-8-9(16)2-3-11(10)17-15(18)23-12-4-6-22-14(12)20/h2-3,8,12H,4-7H2,1H3/t12-/m1/s1. The molecule has 2 heterocycles. The number of rotatable bonds is 5. The first-order valence-electron chi connectivity index (χ1n) is 7.12. The van der Waals surface area contributed by atoms with Crippen LogP contribution < -0.4 is 5.56 Å². The van der Waals surface area contributed by atoms with Crippen LogP contribution in [0.4, 0.5) is 0 Å². The number of carbonyl (C=O) groups excluding carboxylic acids is 1. The zero-order chi connectivity index (χ0) is 16.4. The van der Waals surface area contributed by atoms with Crippen LogP contribution in [-0.2, 0) is 20.8 Å². The van der Waals surface area contributed by atoms with Crippen molar-refractivity contribution in [3.8, 4) is 0 Å². The van der Waals surface area contributed by atoms with Gasteiger partial charge in [0.25, 0.3) is 5.56 Å². The monoisotopic (exact) mass is 398 g/mol. The SMILES string of the molecule is COCCn1c(S[C@@H]2CCOC2=O)nc2ccc(Br)cc2c1=O. The molecule has 6 nitrogen and oxygen atoms in total. The molecule has 0 saturated carbocycles. The summed E-state index contributed by atoms with van der Waals surface area (Å²) in [6, 6.07) is 5.39. The lowest BCUT2D eigenvalue weighted by atomic mass is 10.2. The van der Waals surface area contributed by atoms with E-state index >= 15 is 0 Å². The number of hydrogen-bond donors (Lipinski definition) is 0. The van der Waals surface area contributed by atoms with Crippen molar-refractivity contribution in [2.24, 2.45) is 0 Å². The maximum atomic E-state index is 12.8. The van der Waals surface area contributed by atoms with Gasteiger partial charge in [-0.25, -0.2) is 4.98 Å². The van der Waals surface area contributed by atoms with Crippen LogP contribution in [0, 0.1) is 0 Å². The Morgan fingerprint density at radius 3 is 3.00 bits per heavy atom. The first-order chi connectivity index (χ1) is 11.1. The number of aromatic nitrogens is 2. The molecule has 1 aliphatic rings. The van der Waals surface area contributed by atoms with E-state index in [1.807, 2.05) is 6.07 Å². The Morgan fingerprint density at radius 1 is 1.48 bits per heavy atom. The van der Waals surface area contributed by atoms with Crippen molar-refractivity contribution in [3.05, 3.63) is 33.0 Å². The van der Waals surface area contributed by atoms with Gasteiger partial charge in [0.2, 0.25) is 0 Å². The first-order valence-corrected chi connectivity index (χ1v) is 8.80. The lowest BCUT2D eigenvalue weighted by Crippen LogP contribution is -2.26. The Kier molecular flexibility index (Phi) is 5.03. The van der Waals surface area contributed by atoms with Gasteiger partial charge in [-0.05, 0) is 18.2 Å². The molecule has 1 aromatic carbocycles. The molecule has 0 unspecified atom stereocenters. The highest BCUT2D eigenvalue weighted by molar-refractivity contribution is 9.10. The molecule has 0 N–H and O–H groups in total. The van der Waals surface area contributed by atoms with Crippen LogP contribution >= 0.6 is 27.7 Å². The van der Waals surface area contributed by atoms with E-state index in [0.717, 1.165) is 4.47 Å². The van der Waals surface area contributed by atoms with Gasteiger partial charge in [-0.15, -0.1) is 0 Å². The van der Waals surface area contributed by atoms with Gasteiger partial charge >= 0.3 is 5.97 Å². The number of ether oxygens (including phenoxy) is 2. The molecule has 0 spiro atoms. The van der Waals surface area contributed by atoms with E-state index in [-0.39, 0.29) is 16.8 Å². The third-order valence-electron chi connectivity index (χ3n) is 3.54. The summed E-state index contributed by atoms with van der Waals surface area (Å²) in [5, 5.41) is 0.739. The fourth-order valence-electron chi connectivity index (χ4n) is 2.35. The third-order valence-corrected chi connectivity index (χ3v) is 5.26. The van der Waals surface area contributed by atoms with Crippen LogP contribution in [0.3, 0.4) is 0 Å². The molecule has 1 aromatic heterocycles. The summed E-state index contributed by atoms with van der Waals surface area (Å²) in [7, 11) is 1.58. The first kappa shape index (κ1) is 16.5. The lowest BCUT2D eigenvalue weighted by molar-refractivity contribution is -0.137. The topological polar surface area (TPSA) is 70.4 Å². The molecule has 0 amide bonds. The van der Waals surface area contributed by atoms with E-state index in [9.17, 15) is 9.59 Å². The zero-order valence-corrected chi connectivity index (χ0v) is 14.9. The summed E-state index contributed by atoms with van der Waals surface area (Å²) in [6.45, 7) is 1.19. The second-order valence-corrected chi connectivity index (χ2v) is 7.15. The van der Waals surface area contributed by atoms with Gasteiger partial charge in [-0.1, -0.05) is 27.7 Å². The molecule has 8 heteroatoms. The van der Waals surface area contributed by atoms with Gasteiger partial charge in [0.15, 0.2) is 5.16 Å². The molecule has 0 radical (unpaired) electrons. The van der Waals surface area contributed by atoms with Gasteiger partial charge < -0.3 is 9.47 Å². The predicted molar refractivity (Wildman–Crippen MR) is 90.8 cm³/mol. The highest BCUT2D eigenvalue weighted by Crippen LogP contribution is 2.29. The van der Waals surface area contributed by atoms with Crippen molar-refractivity contribution in [1.82, 2.24) is 9.55 Å². The van der Waals surface area contributed by atoms with Crippen molar-refractivity contribution in [3.63, 3.8) is 0 Å². The average molecular weight is 399 g/mol. The van der Waals surface area contributed by atoms with Gasteiger partial charge in [0.1, 0.15) is 5.25 Å². The fraction of sp³-hybridized carbons (Fsp3) is 0.400. The van der Waals surface area contributed by atoms with Crippen molar-refractivity contribution in [2.45, 2.75) is 23.4 Å². The van der Waals surface area contributed by atoms with Crippen LogP contribution in [-0.4, -0.2) is 41.1 Å². The van der Waals surface area contributed by atoms with Gasteiger partial charge in [-0.2, -0.15) is 0 Å². The Labute approximate surface area is 145 Å². The summed E-state index contributed by atoms with van der Waals surface area (Å²) < 4.78 is 12.5. The summed E-state index contributed by atoms with van der Waals surface area (Å²) in [5.41, 5.74) is 0.475. The highest BCUT2D eigenvalue weighted by atomic mass is 79.9. The summed E-state index contributed by atoms with van der Waals surface area (Å²) in [4.78, 5) is 29.1. The van der Waals surface area contributed by atoms with Gasteiger partial charge in [0, 0.05) is 18.0 Å². The molecule has 3 rings (SSSR count). The number of carbonyl (C=O) groups is 1. The summed E-state index contributed by atoms with van der Waals surface area (Å²) >= 11 is 4.65. The summed E-state index contributed by atoms with van der Waals surface area (Å²) in [6.07, 6.45) is 0.627. The van der Waals surface area contributed by atoms with Crippen LogP contribution in [0.5, 0.6) is 0 Å². The molecule has 0 bridgehead atoms. The number of hydrogen-bond acceptors (Lipinski definition) is 6. The van der Waals surface area contributed by atoms with E-state index in [1.165, 1.54) is 11.8 Å². The largest absolute Gasteiger partial charge is 0.465 e. The number of halogens is 1. The van der Waals surface area contributed by atoms with Crippen LogP contribution in [0.2, 0.25) is 0 Å². The second-order valence-electron chi connectivity index (χ2n) is 5.07. The van der Waals surface area contributed by atoms with Crippen molar-refractivity contribution >= 4 is 44.6 Å². The minimum atomic E-state index is -0.316. The minimum Gasteiger partial charge on any atom is -0.465 e. The van der Waals surface area contributed by atoms with Crippen LogP contribution in [0.15, 0.2) is 32.6 Å². The number of methoxy groups -OCH3 is 1. The van der Waals surface area contributed by atoms with Crippen LogP contribution in [0.25, 0.3) is 10.9 Å². The summed E-state index contributed by atoms with van der Waals surface area (Å²) in [5.74, 6) is -0.251. The van der Waals surface area contributed by atoms with Crippen molar-refractivity contribution < 1.29 is 14.3 Å². The molecule has 1 fully saturated rings. The molecule has 122 valence electrons. The molecule has 1 saturated heterocycles. The Bertz CT molecular complexity index is 808. The second kappa shape index (κ2) is 7.02.